The van der Waals surface area contributed by atoms with Gasteiger partial charge in [0.15, 0.2) is 0 Å². The van der Waals surface area contributed by atoms with Crippen LogP contribution in [0.1, 0.15) is 18.9 Å². The van der Waals surface area contributed by atoms with Gasteiger partial charge >= 0.3 is 0 Å². The zero-order valence-corrected chi connectivity index (χ0v) is 10.6. The lowest BCUT2D eigenvalue weighted by molar-refractivity contribution is 0.178. The van der Waals surface area contributed by atoms with E-state index in [1.165, 1.54) is 12.1 Å². The van der Waals surface area contributed by atoms with Crippen LogP contribution in [0.15, 0.2) is 18.2 Å². The maximum Gasteiger partial charge on any atom is 0.125 e. The Kier molecular flexibility index (Phi) is 4.37. The number of rotatable bonds is 4. The molecule has 0 amide bonds. The van der Waals surface area contributed by atoms with Crippen LogP contribution in [0.2, 0.25) is 5.02 Å². The summed E-state index contributed by atoms with van der Waals surface area (Å²) in [4.78, 5) is 0. The minimum atomic E-state index is -0.286. The van der Waals surface area contributed by atoms with Crippen molar-refractivity contribution in [1.29, 1.82) is 0 Å². The quantitative estimate of drug-likeness (QED) is 0.895. The van der Waals surface area contributed by atoms with Crippen LogP contribution < -0.4 is 5.32 Å². The Morgan fingerprint density at radius 1 is 1.53 bits per heavy atom. The van der Waals surface area contributed by atoms with Crippen molar-refractivity contribution in [2.75, 3.05) is 13.2 Å². The van der Waals surface area contributed by atoms with E-state index in [2.05, 4.69) is 12.2 Å². The Labute approximate surface area is 106 Å². The van der Waals surface area contributed by atoms with Crippen LogP contribution in [0.4, 0.5) is 4.39 Å². The second-order valence-electron chi connectivity index (χ2n) is 4.57. The third kappa shape index (κ3) is 3.66. The highest BCUT2D eigenvalue weighted by atomic mass is 35.5. The lowest BCUT2D eigenvalue weighted by Crippen LogP contribution is -2.33. The maximum absolute atomic E-state index is 13.1. The molecular formula is C13H17ClFNO. The van der Waals surface area contributed by atoms with Gasteiger partial charge in [0, 0.05) is 24.2 Å². The molecule has 1 aliphatic heterocycles. The van der Waals surface area contributed by atoms with Crippen molar-refractivity contribution in [2.24, 2.45) is 5.92 Å². The van der Waals surface area contributed by atoms with Gasteiger partial charge in [-0.3, -0.25) is 0 Å². The number of hydrogen-bond donors (Lipinski definition) is 1. The van der Waals surface area contributed by atoms with E-state index in [-0.39, 0.29) is 5.82 Å². The molecule has 1 fully saturated rings. The fourth-order valence-electron chi connectivity index (χ4n) is 2.11. The molecule has 1 N–H and O–H groups in total. The molecule has 0 radical (unpaired) electrons. The fourth-order valence-corrected chi connectivity index (χ4v) is 2.35. The predicted octanol–water partition coefficient (Wildman–Crippen LogP) is 2.99. The molecule has 94 valence electrons. The first-order valence-corrected chi connectivity index (χ1v) is 6.29. The van der Waals surface area contributed by atoms with Gasteiger partial charge in [-0.1, -0.05) is 11.6 Å². The van der Waals surface area contributed by atoms with Crippen molar-refractivity contribution in [3.63, 3.8) is 0 Å². The highest BCUT2D eigenvalue weighted by molar-refractivity contribution is 6.30. The van der Waals surface area contributed by atoms with E-state index in [1.54, 1.807) is 6.07 Å². The van der Waals surface area contributed by atoms with E-state index in [0.29, 0.717) is 23.5 Å². The van der Waals surface area contributed by atoms with Crippen LogP contribution in [0.25, 0.3) is 0 Å². The molecule has 0 saturated carbocycles. The van der Waals surface area contributed by atoms with E-state index in [9.17, 15) is 4.39 Å². The normalized spacial score (nSPS) is 21.7. The molecule has 1 heterocycles. The molecule has 0 spiro atoms. The molecule has 1 aliphatic rings. The van der Waals surface area contributed by atoms with Crippen molar-refractivity contribution in [1.82, 2.24) is 5.32 Å². The summed E-state index contributed by atoms with van der Waals surface area (Å²) in [5.74, 6) is 0.269. The lowest BCUT2D eigenvalue weighted by atomic mass is 10.0. The first kappa shape index (κ1) is 12.8. The third-order valence-electron chi connectivity index (χ3n) is 3.22. The Hall–Kier alpha value is -0.640. The highest BCUT2D eigenvalue weighted by Crippen LogP contribution is 2.18. The van der Waals surface area contributed by atoms with Crippen LogP contribution >= 0.6 is 11.6 Å². The molecule has 1 aromatic rings. The standard InChI is InChI=1S/C13H17ClFNO/c1-9(11-2-3-17-8-11)16-7-10-4-12(14)6-13(15)5-10/h4-6,9,11,16H,2-3,7-8H2,1H3. The molecule has 4 heteroatoms. The van der Waals surface area contributed by atoms with Gasteiger partial charge in [-0.15, -0.1) is 0 Å². The van der Waals surface area contributed by atoms with Crippen molar-refractivity contribution >= 4 is 11.6 Å². The van der Waals surface area contributed by atoms with Crippen LogP contribution in [-0.2, 0) is 11.3 Å². The van der Waals surface area contributed by atoms with Crippen LogP contribution in [0, 0.1) is 11.7 Å². The molecule has 17 heavy (non-hydrogen) atoms. The SMILES string of the molecule is CC(NCc1cc(F)cc(Cl)c1)C1CCOC1. The minimum Gasteiger partial charge on any atom is -0.381 e. The first-order valence-electron chi connectivity index (χ1n) is 5.91. The zero-order valence-electron chi connectivity index (χ0n) is 9.88. The number of ether oxygens (including phenoxy) is 1. The number of halogens is 2. The average molecular weight is 258 g/mol. The maximum atomic E-state index is 13.1. The molecule has 2 atom stereocenters. The van der Waals surface area contributed by atoms with E-state index in [0.717, 1.165) is 25.2 Å². The third-order valence-corrected chi connectivity index (χ3v) is 3.44. The van der Waals surface area contributed by atoms with E-state index in [4.69, 9.17) is 16.3 Å². The second-order valence-corrected chi connectivity index (χ2v) is 5.01. The summed E-state index contributed by atoms with van der Waals surface area (Å²) in [5.41, 5.74) is 0.876. The Morgan fingerprint density at radius 3 is 3.00 bits per heavy atom. The van der Waals surface area contributed by atoms with Crippen LogP contribution in [-0.4, -0.2) is 19.3 Å². The summed E-state index contributed by atoms with van der Waals surface area (Å²) < 4.78 is 18.5. The summed E-state index contributed by atoms with van der Waals surface area (Å²) >= 11 is 5.80. The van der Waals surface area contributed by atoms with Gasteiger partial charge in [-0.2, -0.15) is 0 Å². The number of benzene rings is 1. The van der Waals surface area contributed by atoms with Gasteiger partial charge in [-0.25, -0.2) is 4.39 Å². The van der Waals surface area contributed by atoms with Gasteiger partial charge in [0.05, 0.1) is 6.61 Å². The van der Waals surface area contributed by atoms with Crippen molar-refractivity contribution < 1.29 is 9.13 Å². The van der Waals surface area contributed by atoms with Gasteiger partial charge in [0.1, 0.15) is 5.82 Å². The number of hydrogen-bond acceptors (Lipinski definition) is 2. The van der Waals surface area contributed by atoms with Crippen LogP contribution in [0.3, 0.4) is 0 Å². The molecule has 1 saturated heterocycles. The average Bonchev–Trinajstić information content (AvgIpc) is 2.78. The largest absolute Gasteiger partial charge is 0.381 e. The smallest absolute Gasteiger partial charge is 0.125 e. The van der Waals surface area contributed by atoms with Gasteiger partial charge in [0.25, 0.3) is 0 Å². The van der Waals surface area contributed by atoms with Gasteiger partial charge in [0.2, 0.25) is 0 Å². The molecule has 2 rings (SSSR count). The highest BCUT2D eigenvalue weighted by Gasteiger charge is 2.21. The Balaban J connectivity index is 1.88. The van der Waals surface area contributed by atoms with Crippen molar-refractivity contribution in [2.45, 2.75) is 25.9 Å². The van der Waals surface area contributed by atoms with Crippen molar-refractivity contribution in [3.8, 4) is 0 Å². The summed E-state index contributed by atoms with van der Waals surface area (Å²) in [6.45, 7) is 4.44. The zero-order chi connectivity index (χ0) is 12.3. The lowest BCUT2D eigenvalue weighted by Gasteiger charge is -2.19. The second kappa shape index (κ2) is 5.80. The molecule has 2 unspecified atom stereocenters. The molecular weight excluding hydrogens is 241 g/mol. The Morgan fingerprint density at radius 2 is 2.35 bits per heavy atom. The fraction of sp³-hybridized carbons (Fsp3) is 0.538. The topological polar surface area (TPSA) is 21.3 Å². The Bertz CT molecular complexity index is 359. The monoisotopic (exact) mass is 257 g/mol. The van der Waals surface area contributed by atoms with E-state index >= 15 is 0 Å². The van der Waals surface area contributed by atoms with E-state index in [1.807, 2.05) is 0 Å². The molecule has 0 aromatic heterocycles. The summed E-state index contributed by atoms with van der Waals surface area (Å²) in [6.07, 6.45) is 1.10. The molecule has 1 aromatic carbocycles. The summed E-state index contributed by atoms with van der Waals surface area (Å²) in [6, 6.07) is 4.99. The first-order chi connectivity index (χ1) is 8.15. The van der Waals surface area contributed by atoms with Gasteiger partial charge < -0.3 is 10.1 Å². The summed E-state index contributed by atoms with van der Waals surface area (Å²) in [7, 11) is 0. The van der Waals surface area contributed by atoms with Crippen LogP contribution in [0.5, 0.6) is 0 Å². The van der Waals surface area contributed by atoms with Crippen molar-refractivity contribution in [3.05, 3.63) is 34.6 Å². The molecule has 2 nitrogen and oxygen atoms in total. The van der Waals surface area contributed by atoms with E-state index < -0.39 is 0 Å². The predicted molar refractivity (Wildman–Crippen MR) is 66.6 cm³/mol. The molecule has 0 bridgehead atoms. The minimum absolute atomic E-state index is 0.286. The summed E-state index contributed by atoms with van der Waals surface area (Å²) in [5, 5.41) is 3.83. The van der Waals surface area contributed by atoms with Gasteiger partial charge in [-0.05, 0) is 43.0 Å². The molecule has 0 aliphatic carbocycles. The number of nitrogens with one attached hydrogen (secondary N) is 1.